The van der Waals surface area contributed by atoms with Gasteiger partial charge in [0.05, 0.1) is 5.56 Å². The van der Waals surface area contributed by atoms with Crippen molar-refractivity contribution in [2.45, 2.75) is 26.3 Å². The van der Waals surface area contributed by atoms with Gasteiger partial charge in [0.2, 0.25) is 0 Å². The van der Waals surface area contributed by atoms with E-state index in [1.165, 1.54) is 12.1 Å². The zero-order valence-electron chi connectivity index (χ0n) is 10.8. The molecule has 0 heterocycles. The van der Waals surface area contributed by atoms with Gasteiger partial charge < -0.3 is 16.2 Å². The summed E-state index contributed by atoms with van der Waals surface area (Å²) in [5.41, 5.74) is 5.36. The SMILES string of the molecule is CCC(C)[C@H](NC(=O)c1ccc(N)cc1F)C(=O)O. The molecule has 2 atom stereocenters. The first-order valence-electron chi connectivity index (χ1n) is 5.95. The van der Waals surface area contributed by atoms with Gasteiger partial charge in [-0.25, -0.2) is 9.18 Å². The summed E-state index contributed by atoms with van der Waals surface area (Å²) in [6, 6.07) is 2.59. The second-order valence-corrected chi connectivity index (χ2v) is 4.41. The molecular weight excluding hydrogens is 251 g/mol. The van der Waals surface area contributed by atoms with Gasteiger partial charge in [-0.15, -0.1) is 0 Å². The van der Waals surface area contributed by atoms with Crippen LogP contribution in [-0.2, 0) is 4.79 Å². The molecule has 1 amide bonds. The molecule has 0 fully saturated rings. The molecule has 1 aromatic rings. The molecular formula is C13H17FN2O3. The molecule has 19 heavy (non-hydrogen) atoms. The maximum atomic E-state index is 13.5. The Labute approximate surface area is 110 Å². The van der Waals surface area contributed by atoms with E-state index in [0.29, 0.717) is 6.42 Å². The van der Waals surface area contributed by atoms with Crippen molar-refractivity contribution in [1.82, 2.24) is 5.32 Å². The number of amides is 1. The average molecular weight is 268 g/mol. The summed E-state index contributed by atoms with van der Waals surface area (Å²) < 4.78 is 13.5. The molecule has 0 aliphatic rings. The number of nitrogens with two attached hydrogens (primary N) is 1. The molecule has 0 bridgehead atoms. The quantitative estimate of drug-likeness (QED) is 0.708. The zero-order chi connectivity index (χ0) is 14.6. The molecule has 0 aliphatic heterocycles. The van der Waals surface area contributed by atoms with Crippen molar-refractivity contribution in [3.05, 3.63) is 29.6 Å². The van der Waals surface area contributed by atoms with E-state index in [1.807, 2.05) is 6.92 Å². The fraction of sp³-hybridized carbons (Fsp3) is 0.385. The molecule has 4 N–H and O–H groups in total. The minimum atomic E-state index is -1.14. The van der Waals surface area contributed by atoms with Crippen molar-refractivity contribution in [3.8, 4) is 0 Å². The van der Waals surface area contributed by atoms with Crippen LogP contribution in [0.3, 0.4) is 0 Å². The standard InChI is InChI=1S/C13H17FN2O3/c1-3-7(2)11(13(18)19)16-12(17)9-5-4-8(15)6-10(9)14/h4-7,11H,3,15H2,1-2H3,(H,16,17)(H,18,19)/t7?,11-/m0/s1. The van der Waals surface area contributed by atoms with Crippen molar-refractivity contribution < 1.29 is 19.1 Å². The molecule has 6 heteroatoms. The van der Waals surface area contributed by atoms with Crippen molar-refractivity contribution in [1.29, 1.82) is 0 Å². The van der Waals surface area contributed by atoms with Gasteiger partial charge in [-0.2, -0.15) is 0 Å². The summed E-state index contributed by atoms with van der Waals surface area (Å²) in [4.78, 5) is 22.9. The number of carboxylic acid groups (broad SMARTS) is 1. The summed E-state index contributed by atoms with van der Waals surface area (Å²) in [6.07, 6.45) is 0.585. The Balaban J connectivity index is 2.91. The first kappa shape index (κ1) is 14.9. The van der Waals surface area contributed by atoms with Gasteiger partial charge in [0.25, 0.3) is 5.91 Å². The molecule has 0 aliphatic carbocycles. The van der Waals surface area contributed by atoms with Crippen LogP contribution < -0.4 is 11.1 Å². The van der Waals surface area contributed by atoms with Crippen molar-refractivity contribution in [2.24, 2.45) is 5.92 Å². The highest BCUT2D eigenvalue weighted by molar-refractivity contribution is 5.97. The van der Waals surface area contributed by atoms with Crippen LogP contribution in [-0.4, -0.2) is 23.0 Å². The van der Waals surface area contributed by atoms with Crippen LogP contribution in [0.2, 0.25) is 0 Å². The van der Waals surface area contributed by atoms with Crippen molar-refractivity contribution in [2.75, 3.05) is 5.73 Å². The first-order chi connectivity index (χ1) is 8.86. The number of hydrogen-bond acceptors (Lipinski definition) is 3. The number of hydrogen-bond donors (Lipinski definition) is 3. The summed E-state index contributed by atoms with van der Waals surface area (Å²) in [5, 5.41) is 11.4. The molecule has 1 rings (SSSR count). The highest BCUT2D eigenvalue weighted by atomic mass is 19.1. The maximum absolute atomic E-state index is 13.5. The van der Waals surface area contributed by atoms with E-state index >= 15 is 0 Å². The number of carbonyl (C=O) groups excluding carboxylic acids is 1. The number of carbonyl (C=O) groups is 2. The highest BCUT2D eigenvalue weighted by Crippen LogP contribution is 2.14. The van der Waals surface area contributed by atoms with E-state index < -0.39 is 23.7 Å². The Morgan fingerprint density at radius 1 is 1.47 bits per heavy atom. The Hall–Kier alpha value is -2.11. The van der Waals surface area contributed by atoms with Crippen LogP contribution in [0.1, 0.15) is 30.6 Å². The molecule has 0 saturated carbocycles. The van der Waals surface area contributed by atoms with E-state index in [0.717, 1.165) is 6.07 Å². The first-order valence-corrected chi connectivity index (χ1v) is 5.95. The Morgan fingerprint density at radius 2 is 2.11 bits per heavy atom. The number of nitrogens with one attached hydrogen (secondary N) is 1. The minimum Gasteiger partial charge on any atom is -0.480 e. The Kier molecular flexibility index (Phi) is 4.86. The van der Waals surface area contributed by atoms with Gasteiger partial charge in [-0.1, -0.05) is 20.3 Å². The van der Waals surface area contributed by atoms with E-state index in [1.54, 1.807) is 6.92 Å². The lowest BCUT2D eigenvalue weighted by molar-refractivity contribution is -0.140. The van der Waals surface area contributed by atoms with Gasteiger partial charge in [-0.3, -0.25) is 4.79 Å². The van der Waals surface area contributed by atoms with Crippen LogP contribution >= 0.6 is 0 Å². The van der Waals surface area contributed by atoms with Crippen LogP contribution in [0.25, 0.3) is 0 Å². The van der Waals surface area contributed by atoms with Gasteiger partial charge in [0, 0.05) is 5.69 Å². The van der Waals surface area contributed by atoms with E-state index in [-0.39, 0.29) is 17.2 Å². The lowest BCUT2D eigenvalue weighted by Gasteiger charge is -2.20. The Morgan fingerprint density at radius 3 is 2.58 bits per heavy atom. The lowest BCUT2D eigenvalue weighted by Crippen LogP contribution is -2.45. The average Bonchev–Trinajstić information content (AvgIpc) is 2.34. The van der Waals surface area contributed by atoms with E-state index in [2.05, 4.69) is 5.32 Å². The maximum Gasteiger partial charge on any atom is 0.326 e. The second-order valence-electron chi connectivity index (χ2n) is 4.41. The van der Waals surface area contributed by atoms with Crippen molar-refractivity contribution in [3.63, 3.8) is 0 Å². The molecule has 0 aromatic heterocycles. The molecule has 1 aromatic carbocycles. The molecule has 0 saturated heterocycles. The topological polar surface area (TPSA) is 92.4 Å². The minimum absolute atomic E-state index is 0.200. The largest absolute Gasteiger partial charge is 0.480 e. The fourth-order valence-electron chi connectivity index (χ4n) is 1.62. The number of benzene rings is 1. The van der Waals surface area contributed by atoms with Gasteiger partial charge >= 0.3 is 5.97 Å². The van der Waals surface area contributed by atoms with Gasteiger partial charge in [-0.05, 0) is 24.1 Å². The predicted octanol–water partition coefficient (Wildman–Crippen LogP) is 1.64. The fourth-order valence-corrected chi connectivity index (χ4v) is 1.62. The third-order valence-electron chi connectivity index (χ3n) is 3.00. The Bertz CT molecular complexity index is 491. The summed E-state index contributed by atoms with van der Waals surface area (Å²) >= 11 is 0. The van der Waals surface area contributed by atoms with E-state index in [9.17, 15) is 14.0 Å². The molecule has 104 valence electrons. The second kappa shape index (κ2) is 6.17. The summed E-state index contributed by atoms with van der Waals surface area (Å²) in [5.74, 6) is -2.92. The van der Waals surface area contributed by atoms with Crippen LogP contribution in [0.4, 0.5) is 10.1 Å². The van der Waals surface area contributed by atoms with Gasteiger partial charge in [0.1, 0.15) is 11.9 Å². The third kappa shape index (κ3) is 3.67. The third-order valence-corrected chi connectivity index (χ3v) is 3.00. The summed E-state index contributed by atoms with van der Waals surface area (Å²) in [7, 11) is 0. The van der Waals surface area contributed by atoms with Crippen LogP contribution in [0.5, 0.6) is 0 Å². The number of rotatable bonds is 5. The lowest BCUT2D eigenvalue weighted by atomic mass is 9.99. The van der Waals surface area contributed by atoms with E-state index in [4.69, 9.17) is 10.8 Å². The van der Waals surface area contributed by atoms with Gasteiger partial charge in [0.15, 0.2) is 0 Å². The van der Waals surface area contributed by atoms with Crippen LogP contribution in [0.15, 0.2) is 18.2 Å². The number of aliphatic carboxylic acids is 1. The molecule has 5 nitrogen and oxygen atoms in total. The number of carboxylic acids is 1. The van der Waals surface area contributed by atoms with Crippen molar-refractivity contribution >= 4 is 17.6 Å². The number of halogens is 1. The highest BCUT2D eigenvalue weighted by Gasteiger charge is 2.26. The smallest absolute Gasteiger partial charge is 0.326 e. The molecule has 0 radical (unpaired) electrons. The van der Waals surface area contributed by atoms with Crippen LogP contribution in [0, 0.1) is 11.7 Å². The zero-order valence-corrected chi connectivity index (χ0v) is 10.8. The molecule has 1 unspecified atom stereocenters. The predicted molar refractivity (Wildman–Crippen MR) is 69.2 cm³/mol. The number of nitrogen functional groups attached to an aromatic ring is 1. The molecule has 0 spiro atoms. The number of anilines is 1. The monoisotopic (exact) mass is 268 g/mol. The summed E-state index contributed by atoms with van der Waals surface area (Å²) in [6.45, 7) is 3.52. The normalized spacial score (nSPS) is 13.6.